The van der Waals surface area contributed by atoms with Gasteiger partial charge in [0.15, 0.2) is 0 Å². The van der Waals surface area contributed by atoms with Crippen LogP contribution in [0.3, 0.4) is 0 Å². The Bertz CT molecular complexity index is 476. The van der Waals surface area contributed by atoms with Crippen LogP contribution in [0.25, 0.3) is 0 Å². The van der Waals surface area contributed by atoms with E-state index in [1.165, 1.54) is 18.2 Å². The maximum absolute atomic E-state index is 11.0. The number of nitrogens with zero attached hydrogens (tertiary/aromatic N) is 2. The van der Waals surface area contributed by atoms with Crippen molar-refractivity contribution >= 4 is 40.5 Å². The fourth-order valence-corrected chi connectivity index (χ4v) is 2.03. The lowest BCUT2D eigenvalue weighted by atomic mass is 10.1. The van der Waals surface area contributed by atoms with Crippen molar-refractivity contribution in [2.75, 3.05) is 29.7 Å². The van der Waals surface area contributed by atoms with Crippen molar-refractivity contribution < 1.29 is 14.8 Å². The molecule has 0 aliphatic rings. The molecule has 0 saturated heterocycles. The third-order valence-electron chi connectivity index (χ3n) is 2.48. The van der Waals surface area contributed by atoms with Gasteiger partial charge in [0, 0.05) is 36.6 Å². The van der Waals surface area contributed by atoms with Crippen molar-refractivity contribution in [3.05, 3.63) is 33.9 Å². The van der Waals surface area contributed by atoms with Crippen molar-refractivity contribution in [1.82, 2.24) is 0 Å². The summed E-state index contributed by atoms with van der Waals surface area (Å²) in [5.74, 6) is -0.655. The van der Waals surface area contributed by atoms with Crippen LogP contribution < -0.4 is 4.90 Å². The molecule has 1 aromatic carbocycles. The molecule has 0 radical (unpaired) electrons. The van der Waals surface area contributed by atoms with E-state index >= 15 is 0 Å². The van der Waals surface area contributed by atoms with Crippen LogP contribution in [-0.4, -0.2) is 40.8 Å². The fraction of sp³-hybridized carbons (Fsp3) is 0.364. The molecule has 0 unspecified atom stereocenters. The van der Waals surface area contributed by atoms with Gasteiger partial charge in [-0.05, 0) is 12.1 Å². The molecule has 1 N–H and O–H groups in total. The Labute approximate surface area is 119 Å². The topological polar surface area (TPSA) is 83.7 Å². The zero-order chi connectivity index (χ0) is 14.4. The summed E-state index contributed by atoms with van der Waals surface area (Å²) in [6.45, 7) is 0.955. The van der Waals surface area contributed by atoms with E-state index in [0.29, 0.717) is 30.5 Å². The summed E-state index contributed by atoms with van der Waals surface area (Å²) >= 11 is 11.3. The molecule has 19 heavy (non-hydrogen) atoms. The summed E-state index contributed by atoms with van der Waals surface area (Å²) in [4.78, 5) is 22.8. The minimum atomic E-state index is -1.34. The van der Waals surface area contributed by atoms with E-state index in [4.69, 9.17) is 28.3 Å². The summed E-state index contributed by atoms with van der Waals surface area (Å²) in [6, 6.07) is 3.93. The van der Waals surface area contributed by atoms with Gasteiger partial charge < -0.3 is 10.0 Å². The Kier molecular flexibility index (Phi) is 5.85. The van der Waals surface area contributed by atoms with Gasteiger partial charge >= 0.3 is 5.97 Å². The summed E-state index contributed by atoms with van der Waals surface area (Å²) in [5.41, 5.74) is -0.242. The van der Waals surface area contributed by atoms with E-state index < -0.39 is 16.6 Å². The molecule has 0 fully saturated rings. The second kappa shape index (κ2) is 7.16. The molecule has 1 aromatic rings. The Morgan fingerprint density at radius 3 is 2.32 bits per heavy atom. The van der Waals surface area contributed by atoms with Gasteiger partial charge in [0.2, 0.25) is 0 Å². The number of carboxylic acids is 1. The summed E-state index contributed by atoms with van der Waals surface area (Å²) in [7, 11) is 0. The highest BCUT2D eigenvalue weighted by Gasteiger charge is 2.21. The number of rotatable bonds is 7. The molecule has 0 saturated carbocycles. The average Bonchev–Trinajstić information content (AvgIpc) is 2.37. The fourth-order valence-electron chi connectivity index (χ4n) is 1.63. The molecular formula is C11H12Cl2N2O4. The van der Waals surface area contributed by atoms with Crippen LogP contribution in [0, 0.1) is 10.1 Å². The molecule has 1 rings (SSSR count). The third kappa shape index (κ3) is 3.97. The van der Waals surface area contributed by atoms with E-state index in [9.17, 15) is 14.9 Å². The average molecular weight is 307 g/mol. The number of benzene rings is 1. The molecular weight excluding hydrogens is 295 g/mol. The molecule has 0 atom stereocenters. The number of anilines is 1. The smallest absolute Gasteiger partial charge is 0.342 e. The predicted octanol–water partition coefficient (Wildman–Crippen LogP) is 2.58. The Morgan fingerprint density at radius 1 is 1.32 bits per heavy atom. The molecule has 0 aliphatic carbocycles. The van der Waals surface area contributed by atoms with Crippen molar-refractivity contribution in [2.45, 2.75) is 0 Å². The van der Waals surface area contributed by atoms with E-state index in [0.717, 1.165) is 0 Å². The second-order valence-corrected chi connectivity index (χ2v) is 4.38. The SMILES string of the molecule is O=C(O)c1cc(N(CCCl)CCCl)ccc1[N+](=O)[O-]. The maximum atomic E-state index is 11.0. The highest BCUT2D eigenvalue weighted by Crippen LogP contribution is 2.25. The van der Waals surface area contributed by atoms with E-state index in [1.807, 2.05) is 0 Å². The van der Waals surface area contributed by atoms with Crippen molar-refractivity contribution in [1.29, 1.82) is 0 Å². The van der Waals surface area contributed by atoms with Crippen LogP contribution >= 0.6 is 23.2 Å². The molecule has 104 valence electrons. The summed E-state index contributed by atoms with van der Waals surface area (Å²) in [6.07, 6.45) is 0. The van der Waals surface area contributed by atoms with E-state index in [1.54, 1.807) is 4.90 Å². The number of nitro benzene ring substituents is 1. The minimum absolute atomic E-state index is 0.344. The van der Waals surface area contributed by atoms with Gasteiger partial charge in [0.25, 0.3) is 5.69 Å². The van der Waals surface area contributed by atoms with Gasteiger partial charge in [-0.15, -0.1) is 23.2 Å². The summed E-state index contributed by atoms with van der Waals surface area (Å²) in [5, 5.41) is 19.8. The first-order valence-electron chi connectivity index (χ1n) is 5.40. The van der Waals surface area contributed by atoms with Crippen molar-refractivity contribution in [3.63, 3.8) is 0 Å². The number of carbonyl (C=O) groups is 1. The van der Waals surface area contributed by atoms with Gasteiger partial charge in [-0.2, -0.15) is 0 Å². The number of hydrogen-bond donors (Lipinski definition) is 1. The number of alkyl halides is 2. The highest BCUT2D eigenvalue weighted by molar-refractivity contribution is 6.18. The Balaban J connectivity index is 3.19. The lowest BCUT2D eigenvalue weighted by molar-refractivity contribution is -0.385. The van der Waals surface area contributed by atoms with Gasteiger partial charge in [-0.25, -0.2) is 4.79 Å². The van der Waals surface area contributed by atoms with Gasteiger partial charge in [0.1, 0.15) is 5.56 Å². The molecule has 0 bridgehead atoms. The van der Waals surface area contributed by atoms with Crippen LogP contribution in [0.4, 0.5) is 11.4 Å². The zero-order valence-electron chi connectivity index (χ0n) is 9.88. The quantitative estimate of drug-likeness (QED) is 0.475. The van der Waals surface area contributed by atoms with Gasteiger partial charge in [0.05, 0.1) is 4.92 Å². The molecule has 0 spiro atoms. The van der Waals surface area contributed by atoms with Crippen LogP contribution in [0.15, 0.2) is 18.2 Å². The number of hydrogen-bond acceptors (Lipinski definition) is 4. The van der Waals surface area contributed by atoms with Crippen LogP contribution in [-0.2, 0) is 0 Å². The molecule has 6 nitrogen and oxygen atoms in total. The number of halogens is 2. The van der Waals surface area contributed by atoms with E-state index in [2.05, 4.69) is 0 Å². The first-order valence-corrected chi connectivity index (χ1v) is 6.46. The monoisotopic (exact) mass is 306 g/mol. The molecule has 8 heteroatoms. The standard InChI is InChI=1S/C11H12Cl2N2O4/c12-3-5-14(6-4-13)8-1-2-10(15(18)19)9(7-8)11(16)17/h1-2,7H,3-6H2,(H,16,17). The number of nitro groups is 1. The first-order chi connectivity index (χ1) is 9.01. The van der Waals surface area contributed by atoms with Gasteiger partial charge in [-0.3, -0.25) is 10.1 Å². The minimum Gasteiger partial charge on any atom is -0.477 e. The number of aromatic carboxylic acids is 1. The maximum Gasteiger partial charge on any atom is 0.342 e. The molecule has 0 aromatic heterocycles. The van der Waals surface area contributed by atoms with Gasteiger partial charge in [-0.1, -0.05) is 0 Å². The normalized spacial score (nSPS) is 10.2. The largest absolute Gasteiger partial charge is 0.477 e. The van der Waals surface area contributed by atoms with Crippen LogP contribution in [0.1, 0.15) is 10.4 Å². The van der Waals surface area contributed by atoms with Crippen LogP contribution in [0.5, 0.6) is 0 Å². The molecule has 0 aliphatic heterocycles. The van der Waals surface area contributed by atoms with Crippen LogP contribution in [0.2, 0.25) is 0 Å². The lowest BCUT2D eigenvalue weighted by Crippen LogP contribution is -2.27. The Morgan fingerprint density at radius 2 is 1.89 bits per heavy atom. The highest BCUT2D eigenvalue weighted by atomic mass is 35.5. The number of carboxylic acid groups (broad SMARTS) is 1. The second-order valence-electron chi connectivity index (χ2n) is 3.63. The predicted molar refractivity (Wildman–Crippen MR) is 73.7 cm³/mol. The zero-order valence-corrected chi connectivity index (χ0v) is 11.4. The molecule has 0 heterocycles. The van der Waals surface area contributed by atoms with E-state index in [-0.39, 0.29) is 5.56 Å². The van der Waals surface area contributed by atoms with Crippen molar-refractivity contribution in [2.24, 2.45) is 0 Å². The molecule has 0 amide bonds. The third-order valence-corrected chi connectivity index (χ3v) is 2.82. The lowest BCUT2D eigenvalue weighted by Gasteiger charge is -2.23. The summed E-state index contributed by atoms with van der Waals surface area (Å²) < 4.78 is 0. The first kappa shape index (κ1) is 15.5. The Hall–Kier alpha value is -1.53. The van der Waals surface area contributed by atoms with Crippen molar-refractivity contribution in [3.8, 4) is 0 Å².